The van der Waals surface area contributed by atoms with Gasteiger partial charge in [0.15, 0.2) is 0 Å². The van der Waals surface area contributed by atoms with Gasteiger partial charge in [0.1, 0.15) is 5.69 Å². The number of pyridine rings is 1. The maximum Gasteiger partial charge on any atom is 0.319 e. The average molecular weight is 348 g/mol. The van der Waals surface area contributed by atoms with E-state index in [0.29, 0.717) is 29.8 Å². The van der Waals surface area contributed by atoms with Gasteiger partial charge in [-0.15, -0.1) is 0 Å². The Morgan fingerprint density at radius 3 is 2.84 bits per heavy atom. The molecule has 0 radical (unpaired) electrons. The molecule has 2 atom stereocenters. The first kappa shape index (κ1) is 19.2. The van der Waals surface area contributed by atoms with E-state index in [-0.39, 0.29) is 18.0 Å². The van der Waals surface area contributed by atoms with Gasteiger partial charge in [-0.25, -0.2) is 4.79 Å². The van der Waals surface area contributed by atoms with Gasteiger partial charge in [0.2, 0.25) is 0 Å². The molecule has 2 heterocycles. The minimum absolute atomic E-state index is 0.180. The van der Waals surface area contributed by atoms with Gasteiger partial charge < -0.3 is 20.3 Å². The van der Waals surface area contributed by atoms with Crippen LogP contribution in [-0.2, 0) is 4.74 Å². The molecule has 138 valence electrons. The summed E-state index contributed by atoms with van der Waals surface area (Å²) in [6.45, 7) is 5.65. The van der Waals surface area contributed by atoms with Gasteiger partial charge in [-0.3, -0.25) is 9.78 Å². The van der Waals surface area contributed by atoms with Crippen LogP contribution in [0.25, 0.3) is 0 Å². The number of urea groups is 1. The fourth-order valence-electron chi connectivity index (χ4n) is 3.07. The Balaban J connectivity index is 1.90. The van der Waals surface area contributed by atoms with Crippen molar-refractivity contribution in [3.05, 3.63) is 24.0 Å². The number of nitrogens with one attached hydrogen (secondary N) is 2. The minimum Gasteiger partial charge on any atom is -0.378 e. The molecule has 1 aliphatic rings. The maximum atomic E-state index is 12.2. The lowest BCUT2D eigenvalue weighted by Crippen LogP contribution is -2.42. The molecule has 25 heavy (non-hydrogen) atoms. The highest BCUT2D eigenvalue weighted by Crippen LogP contribution is 2.25. The molecule has 1 fully saturated rings. The molecule has 7 heteroatoms. The second-order valence-corrected chi connectivity index (χ2v) is 6.95. The van der Waals surface area contributed by atoms with Gasteiger partial charge in [0.05, 0.1) is 6.10 Å². The van der Waals surface area contributed by atoms with E-state index in [1.165, 1.54) is 11.1 Å². The predicted molar refractivity (Wildman–Crippen MR) is 96.6 cm³/mol. The highest BCUT2D eigenvalue weighted by Gasteiger charge is 2.28. The number of hydrogen-bond donors (Lipinski definition) is 2. The van der Waals surface area contributed by atoms with Crippen molar-refractivity contribution in [2.24, 2.45) is 11.8 Å². The van der Waals surface area contributed by atoms with Crippen LogP contribution in [0, 0.1) is 11.8 Å². The largest absolute Gasteiger partial charge is 0.378 e. The zero-order chi connectivity index (χ0) is 18.4. The molecule has 2 rings (SSSR count). The van der Waals surface area contributed by atoms with Crippen molar-refractivity contribution in [3.8, 4) is 0 Å². The smallest absolute Gasteiger partial charge is 0.319 e. The van der Waals surface area contributed by atoms with Crippen LogP contribution >= 0.6 is 0 Å². The lowest BCUT2D eigenvalue weighted by atomic mass is 9.87. The number of carbonyl (C=O) groups is 2. The number of ether oxygens (including phenoxy) is 1. The Morgan fingerprint density at radius 1 is 1.40 bits per heavy atom. The summed E-state index contributed by atoms with van der Waals surface area (Å²) >= 11 is 0. The van der Waals surface area contributed by atoms with Gasteiger partial charge in [0.25, 0.3) is 5.91 Å². The van der Waals surface area contributed by atoms with Crippen molar-refractivity contribution in [1.29, 1.82) is 0 Å². The van der Waals surface area contributed by atoms with Crippen LogP contribution in [0.3, 0.4) is 0 Å². The van der Waals surface area contributed by atoms with Crippen molar-refractivity contribution in [2.45, 2.75) is 32.8 Å². The van der Waals surface area contributed by atoms with Crippen molar-refractivity contribution >= 4 is 17.6 Å². The lowest BCUT2D eigenvalue weighted by molar-refractivity contribution is -0.0507. The Bertz CT molecular complexity index is 604. The van der Waals surface area contributed by atoms with Crippen molar-refractivity contribution in [2.75, 3.05) is 32.6 Å². The summed E-state index contributed by atoms with van der Waals surface area (Å²) in [6, 6.07) is 2.94. The third kappa shape index (κ3) is 5.42. The molecular formula is C18H28N4O3. The van der Waals surface area contributed by atoms with E-state index in [2.05, 4.69) is 29.5 Å². The minimum atomic E-state index is -0.289. The molecule has 2 unspecified atom stereocenters. The van der Waals surface area contributed by atoms with Crippen molar-refractivity contribution < 1.29 is 14.3 Å². The first-order valence-corrected chi connectivity index (χ1v) is 8.72. The van der Waals surface area contributed by atoms with E-state index in [9.17, 15) is 9.59 Å². The molecule has 7 nitrogen and oxygen atoms in total. The van der Waals surface area contributed by atoms with E-state index in [1.54, 1.807) is 26.2 Å². The highest BCUT2D eigenvalue weighted by atomic mass is 16.5. The summed E-state index contributed by atoms with van der Waals surface area (Å²) in [5.74, 6) is 0.543. The summed E-state index contributed by atoms with van der Waals surface area (Å²) in [5.41, 5.74) is 0.835. The number of aromatic nitrogens is 1. The zero-order valence-corrected chi connectivity index (χ0v) is 15.4. The van der Waals surface area contributed by atoms with E-state index in [1.807, 2.05) is 0 Å². The van der Waals surface area contributed by atoms with E-state index >= 15 is 0 Å². The summed E-state index contributed by atoms with van der Waals surface area (Å²) in [4.78, 5) is 29.6. The number of nitrogens with zero attached hydrogens (tertiary/aromatic N) is 2. The normalized spacial score (nSPS) is 20.2. The number of rotatable bonds is 5. The molecule has 1 saturated heterocycles. The highest BCUT2D eigenvalue weighted by molar-refractivity contribution is 5.95. The Hall–Kier alpha value is -2.15. The Labute approximate surface area is 149 Å². The van der Waals surface area contributed by atoms with Crippen LogP contribution in [0.5, 0.6) is 0 Å². The van der Waals surface area contributed by atoms with Gasteiger partial charge in [0, 0.05) is 45.0 Å². The standard InChI is InChI=1S/C18H28N4O3/c1-12(2)16-13(6-5-9-25-16)11-20-18(24)21-14-7-8-19-15(10-14)17(23)22(3)4/h7-8,10,12-13,16H,5-6,9,11H2,1-4H3,(H2,19,20,21,24). The molecular weight excluding hydrogens is 320 g/mol. The van der Waals surface area contributed by atoms with Crippen LogP contribution in [0.15, 0.2) is 18.3 Å². The van der Waals surface area contributed by atoms with E-state index < -0.39 is 0 Å². The topological polar surface area (TPSA) is 83.6 Å². The number of anilines is 1. The SMILES string of the molecule is CC(C)C1OCCCC1CNC(=O)Nc1ccnc(C(=O)N(C)C)c1. The van der Waals surface area contributed by atoms with Crippen LogP contribution in [0.1, 0.15) is 37.2 Å². The third-order valence-electron chi connectivity index (χ3n) is 4.32. The van der Waals surface area contributed by atoms with Gasteiger partial charge >= 0.3 is 6.03 Å². The lowest BCUT2D eigenvalue weighted by Gasteiger charge is -2.34. The molecule has 0 saturated carbocycles. The monoisotopic (exact) mass is 348 g/mol. The summed E-state index contributed by atoms with van der Waals surface area (Å²) in [5, 5.41) is 5.67. The van der Waals surface area contributed by atoms with Crippen LogP contribution in [-0.4, -0.2) is 55.2 Å². The molecule has 1 aromatic heterocycles. The molecule has 3 amide bonds. The van der Waals surface area contributed by atoms with Crippen LogP contribution in [0.2, 0.25) is 0 Å². The predicted octanol–water partition coefficient (Wildman–Crippen LogP) is 2.36. The van der Waals surface area contributed by atoms with Crippen LogP contribution < -0.4 is 10.6 Å². The first-order chi connectivity index (χ1) is 11.9. The van der Waals surface area contributed by atoms with Gasteiger partial charge in [-0.1, -0.05) is 13.8 Å². The second-order valence-electron chi connectivity index (χ2n) is 6.95. The van der Waals surface area contributed by atoms with Crippen molar-refractivity contribution in [1.82, 2.24) is 15.2 Å². The molecule has 0 aliphatic carbocycles. The molecule has 0 bridgehead atoms. The Kier molecular flexibility index (Phi) is 6.75. The molecule has 0 spiro atoms. The average Bonchev–Trinajstić information content (AvgIpc) is 2.59. The quantitative estimate of drug-likeness (QED) is 0.856. The molecule has 2 N–H and O–H groups in total. The van der Waals surface area contributed by atoms with Gasteiger partial charge in [-0.05, 0) is 30.9 Å². The fraction of sp³-hybridized carbons (Fsp3) is 0.611. The maximum absolute atomic E-state index is 12.2. The summed E-state index contributed by atoms with van der Waals surface area (Å²) in [7, 11) is 3.32. The zero-order valence-electron chi connectivity index (χ0n) is 15.4. The summed E-state index contributed by atoms with van der Waals surface area (Å²) in [6.07, 6.45) is 3.77. The fourth-order valence-corrected chi connectivity index (χ4v) is 3.07. The molecule has 1 aliphatic heterocycles. The van der Waals surface area contributed by atoms with E-state index in [0.717, 1.165) is 19.4 Å². The molecule has 0 aromatic carbocycles. The second kappa shape index (κ2) is 8.80. The number of amides is 3. The summed E-state index contributed by atoms with van der Waals surface area (Å²) < 4.78 is 5.84. The molecule has 1 aromatic rings. The number of carbonyl (C=O) groups excluding carboxylic acids is 2. The first-order valence-electron chi connectivity index (χ1n) is 8.72. The van der Waals surface area contributed by atoms with Crippen molar-refractivity contribution in [3.63, 3.8) is 0 Å². The third-order valence-corrected chi connectivity index (χ3v) is 4.32. The number of hydrogen-bond acceptors (Lipinski definition) is 4. The van der Waals surface area contributed by atoms with Gasteiger partial charge in [-0.2, -0.15) is 0 Å². The van der Waals surface area contributed by atoms with E-state index in [4.69, 9.17) is 4.74 Å². The Morgan fingerprint density at radius 2 is 2.16 bits per heavy atom. The van der Waals surface area contributed by atoms with Crippen LogP contribution in [0.4, 0.5) is 10.5 Å².